The van der Waals surface area contributed by atoms with Gasteiger partial charge in [-0.15, -0.1) is 0 Å². The Kier molecular flexibility index (Phi) is 4.73. The molecule has 116 valence electrons. The lowest BCUT2D eigenvalue weighted by molar-refractivity contribution is 0.0828. The highest BCUT2D eigenvalue weighted by atomic mass is 35.5. The molecule has 2 rings (SSSR count). The van der Waals surface area contributed by atoms with E-state index in [-0.39, 0.29) is 22.1 Å². The standard InChI is InChI=1S/C15H15ClN2O3S/c1-18(2)15(19)13-5-3-4-6-14(13)17-22(20,21)12-9-7-11(16)8-10-12/h3-10,17H,1-2H3. The maximum atomic E-state index is 12.4. The SMILES string of the molecule is CN(C)C(=O)c1ccccc1NS(=O)(=O)c1ccc(Cl)cc1. The molecule has 0 radical (unpaired) electrons. The zero-order chi connectivity index (χ0) is 16.3. The van der Waals surface area contributed by atoms with Crippen LogP contribution in [0, 0.1) is 0 Å². The number of hydrogen-bond acceptors (Lipinski definition) is 3. The Morgan fingerprint density at radius 2 is 1.64 bits per heavy atom. The maximum Gasteiger partial charge on any atom is 0.261 e. The Balaban J connectivity index is 2.38. The van der Waals surface area contributed by atoms with Crippen LogP contribution in [0.1, 0.15) is 10.4 Å². The third-order valence-electron chi connectivity index (χ3n) is 2.93. The van der Waals surface area contributed by atoms with E-state index in [9.17, 15) is 13.2 Å². The number of anilines is 1. The lowest BCUT2D eigenvalue weighted by Gasteiger charge is -2.15. The first-order chi connectivity index (χ1) is 10.3. The number of sulfonamides is 1. The second-order valence-electron chi connectivity index (χ2n) is 4.80. The Hall–Kier alpha value is -2.05. The van der Waals surface area contributed by atoms with Crippen molar-refractivity contribution in [3.8, 4) is 0 Å². The fraction of sp³-hybridized carbons (Fsp3) is 0.133. The second kappa shape index (κ2) is 6.37. The van der Waals surface area contributed by atoms with Crippen LogP contribution in [-0.4, -0.2) is 33.3 Å². The second-order valence-corrected chi connectivity index (χ2v) is 6.92. The number of halogens is 1. The van der Waals surface area contributed by atoms with Crippen molar-refractivity contribution in [3.05, 3.63) is 59.1 Å². The van der Waals surface area contributed by atoms with E-state index in [0.29, 0.717) is 5.02 Å². The van der Waals surface area contributed by atoms with E-state index in [1.165, 1.54) is 29.2 Å². The number of benzene rings is 2. The van der Waals surface area contributed by atoms with Crippen LogP contribution >= 0.6 is 11.6 Å². The van der Waals surface area contributed by atoms with Gasteiger partial charge in [-0.05, 0) is 36.4 Å². The van der Waals surface area contributed by atoms with E-state index in [2.05, 4.69) is 4.72 Å². The molecule has 7 heteroatoms. The zero-order valence-corrected chi connectivity index (χ0v) is 13.6. The van der Waals surface area contributed by atoms with Gasteiger partial charge >= 0.3 is 0 Å². The maximum absolute atomic E-state index is 12.4. The highest BCUT2D eigenvalue weighted by Gasteiger charge is 2.19. The molecule has 0 aliphatic rings. The molecule has 0 fully saturated rings. The molecular formula is C15H15ClN2O3S. The number of amides is 1. The van der Waals surface area contributed by atoms with Crippen LogP contribution in [0.5, 0.6) is 0 Å². The summed E-state index contributed by atoms with van der Waals surface area (Å²) in [5.74, 6) is -0.283. The molecule has 5 nitrogen and oxygen atoms in total. The number of hydrogen-bond donors (Lipinski definition) is 1. The van der Waals surface area contributed by atoms with Crippen molar-refractivity contribution in [3.63, 3.8) is 0 Å². The highest BCUT2D eigenvalue weighted by Crippen LogP contribution is 2.22. The Morgan fingerprint density at radius 1 is 1.05 bits per heavy atom. The van der Waals surface area contributed by atoms with Gasteiger partial charge in [0.25, 0.3) is 15.9 Å². The first kappa shape index (κ1) is 16.3. The fourth-order valence-corrected chi connectivity index (χ4v) is 3.02. The summed E-state index contributed by atoms with van der Waals surface area (Å²) in [6, 6.07) is 12.2. The van der Waals surface area contributed by atoms with E-state index in [4.69, 9.17) is 11.6 Å². The van der Waals surface area contributed by atoms with Gasteiger partial charge in [-0.25, -0.2) is 8.42 Å². The summed E-state index contributed by atoms with van der Waals surface area (Å²) < 4.78 is 27.2. The van der Waals surface area contributed by atoms with Crippen LogP contribution in [-0.2, 0) is 10.0 Å². The van der Waals surface area contributed by atoms with Gasteiger partial charge in [0.15, 0.2) is 0 Å². The van der Waals surface area contributed by atoms with Crippen LogP contribution < -0.4 is 4.72 Å². The van der Waals surface area contributed by atoms with E-state index >= 15 is 0 Å². The molecule has 1 amide bonds. The number of para-hydroxylation sites is 1. The van der Waals surface area contributed by atoms with Crippen molar-refractivity contribution in [1.82, 2.24) is 4.90 Å². The largest absolute Gasteiger partial charge is 0.345 e. The average molecular weight is 339 g/mol. The highest BCUT2D eigenvalue weighted by molar-refractivity contribution is 7.92. The molecule has 0 heterocycles. The minimum Gasteiger partial charge on any atom is -0.345 e. The molecule has 0 bridgehead atoms. The summed E-state index contributed by atoms with van der Waals surface area (Å²) in [7, 11) is -0.583. The molecule has 0 spiro atoms. The minimum absolute atomic E-state index is 0.0732. The van der Waals surface area contributed by atoms with Gasteiger partial charge in [-0.2, -0.15) is 0 Å². The van der Waals surface area contributed by atoms with Crippen LogP contribution in [0.4, 0.5) is 5.69 Å². The summed E-state index contributed by atoms with van der Waals surface area (Å²) >= 11 is 5.76. The normalized spacial score (nSPS) is 11.0. The Bertz CT molecular complexity index is 787. The summed E-state index contributed by atoms with van der Waals surface area (Å²) in [4.78, 5) is 13.6. The molecule has 22 heavy (non-hydrogen) atoms. The van der Waals surface area contributed by atoms with E-state index in [1.807, 2.05) is 0 Å². The van der Waals surface area contributed by atoms with E-state index in [1.54, 1.807) is 38.4 Å². The van der Waals surface area contributed by atoms with Gasteiger partial charge in [0.05, 0.1) is 16.1 Å². The first-order valence-corrected chi connectivity index (χ1v) is 8.26. The quantitative estimate of drug-likeness (QED) is 0.932. The van der Waals surface area contributed by atoms with Crippen molar-refractivity contribution < 1.29 is 13.2 Å². The van der Waals surface area contributed by atoms with Crippen molar-refractivity contribution in [2.45, 2.75) is 4.90 Å². The van der Waals surface area contributed by atoms with Crippen molar-refractivity contribution in [2.75, 3.05) is 18.8 Å². The van der Waals surface area contributed by atoms with Crippen molar-refractivity contribution in [2.24, 2.45) is 0 Å². The third-order valence-corrected chi connectivity index (χ3v) is 4.57. The number of nitrogens with one attached hydrogen (secondary N) is 1. The molecule has 1 N–H and O–H groups in total. The van der Waals surface area contributed by atoms with Gasteiger partial charge < -0.3 is 4.90 Å². The molecule has 0 atom stereocenters. The number of carbonyl (C=O) groups is 1. The predicted molar refractivity (Wildman–Crippen MR) is 86.7 cm³/mol. The smallest absolute Gasteiger partial charge is 0.261 e. The number of nitrogens with zero attached hydrogens (tertiary/aromatic N) is 1. The van der Waals surface area contributed by atoms with E-state index < -0.39 is 10.0 Å². The first-order valence-electron chi connectivity index (χ1n) is 6.40. The Labute approximate surface area is 134 Å². The molecule has 0 saturated heterocycles. The van der Waals surface area contributed by atoms with Gasteiger partial charge in [0.2, 0.25) is 0 Å². The molecule has 0 aliphatic heterocycles. The summed E-state index contributed by atoms with van der Waals surface area (Å²) in [5, 5.41) is 0.446. The van der Waals surface area contributed by atoms with Crippen LogP contribution in [0.3, 0.4) is 0 Å². The van der Waals surface area contributed by atoms with Crippen LogP contribution in [0.25, 0.3) is 0 Å². The van der Waals surface area contributed by atoms with Gasteiger partial charge in [-0.3, -0.25) is 9.52 Å². The number of rotatable bonds is 4. The van der Waals surface area contributed by atoms with Crippen LogP contribution in [0.2, 0.25) is 5.02 Å². The topological polar surface area (TPSA) is 66.5 Å². The predicted octanol–water partition coefficient (Wildman–Crippen LogP) is 2.84. The average Bonchev–Trinajstić information content (AvgIpc) is 2.47. The molecule has 0 aliphatic carbocycles. The zero-order valence-electron chi connectivity index (χ0n) is 12.1. The fourth-order valence-electron chi connectivity index (χ4n) is 1.82. The summed E-state index contributed by atoms with van der Waals surface area (Å²) in [6.07, 6.45) is 0. The van der Waals surface area contributed by atoms with Gasteiger partial charge in [0.1, 0.15) is 0 Å². The molecular weight excluding hydrogens is 324 g/mol. The summed E-state index contributed by atoms with van der Waals surface area (Å²) in [6.45, 7) is 0. The van der Waals surface area contributed by atoms with Gasteiger partial charge in [-0.1, -0.05) is 23.7 Å². The van der Waals surface area contributed by atoms with Gasteiger partial charge in [0, 0.05) is 19.1 Å². The van der Waals surface area contributed by atoms with Crippen LogP contribution in [0.15, 0.2) is 53.4 Å². The Morgan fingerprint density at radius 3 is 2.23 bits per heavy atom. The molecule has 0 aromatic heterocycles. The summed E-state index contributed by atoms with van der Waals surface area (Å²) in [5.41, 5.74) is 0.515. The molecule has 0 unspecified atom stereocenters. The lowest BCUT2D eigenvalue weighted by atomic mass is 10.1. The van der Waals surface area contributed by atoms with E-state index in [0.717, 1.165) is 0 Å². The minimum atomic E-state index is -3.79. The molecule has 2 aromatic rings. The van der Waals surface area contributed by atoms with Crippen molar-refractivity contribution in [1.29, 1.82) is 0 Å². The molecule has 2 aromatic carbocycles. The monoisotopic (exact) mass is 338 g/mol. The number of carbonyl (C=O) groups excluding carboxylic acids is 1. The van der Waals surface area contributed by atoms with Crippen molar-refractivity contribution >= 4 is 33.2 Å². The third kappa shape index (κ3) is 3.58. The lowest BCUT2D eigenvalue weighted by Crippen LogP contribution is -2.24. The molecule has 0 saturated carbocycles.